The van der Waals surface area contributed by atoms with Gasteiger partial charge in [-0.15, -0.1) is 24.8 Å². The molecule has 1 aromatic carbocycles. The quantitative estimate of drug-likeness (QED) is 0.774. The Kier molecular flexibility index (Phi) is 7.28. The van der Waals surface area contributed by atoms with Crippen LogP contribution in [0.25, 0.3) is 10.9 Å². The van der Waals surface area contributed by atoms with E-state index in [-0.39, 0.29) is 30.7 Å². The first-order chi connectivity index (χ1) is 13.6. The first-order valence-corrected chi connectivity index (χ1v) is 10.8. The van der Waals surface area contributed by atoms with E-state index >= 15 is 0 Å². The first-order valence-electron chi connectivity index (χ1n) is 10.8. The molecule has 0 radical (unpaired) electrons. The molecule has 1 N–H and O–H groups in total. The van der Waals surface area contributed by atoms with Crippen molar-refractivity contribution in [2.75, 3.05) is 39.3 Å². The second-order valence-corrected chi connectivity index (χ2v) is 8.83. The minimum Gasteiger partial charge on any atom is -0.337 e. The molecule has 0 spiro atoms. The monoisotopic (exact) mass is 450 g/mol. The molecule has 1 saturated carbocycles. The number of fused-ring (bicyclic) bond motifs is 1. The Balaban J connectivity index is 0.00000128. The highest BCUT2D eigenvalue weighted by Crippen LogP contribution is 2.41. The molecule has 164 valence electrons. The van der Waals surface area contributed by atoms with Crippen molar-refractivity contribution < 1.29 is 4.79 Å². The number of piperazine rings is 1. The molecule has 1 aromatic heterocycles. The summed E-state index contributed by atoms with van der Waals surface area (Å²) in [6.45, 7) is 10.2. The molecule has 2 aliphatic heterocycles. The lowest BCUT2D eigenvalue weighted by Gasteiger charge is -2.32. The molecule has 2 aromatic rings. The summed E-state index contributed by atoms with van der Waals surface area (Å²) in [6.07, 6.45) is 3.49. The molecule has 1 amide bonds. The predicted octanol–water partition coefficient (Wildman–Crippen LogP) is 3.69. The second-order valence-electron chi connectivity index (χ2n) is 8.83. The van der Waals surface area contributed by atoms with Crippen molar-refractivity contribution in [1.29, 1.82) is 0 Å². The number of pyridine rings is 1. The van der Waals surface area contributed by atoms with Crippen LogP contribution in [0.15, 0.2) is 18.2 Å². The van der Waals surface area contributed by atoms with Crippen molar-refractivity contribution >= 4 is 41.6 Å². The molecule has 30 heavy (non-hydrogen) atoms. The fraction of sp³-hybridized carbons (Fsp3) is 0.565. The number of aromatic nitrogens is 1. The Bertz CT molecular complexity index is 925. The maximum atomic E-state index is 13.6. The zero-order chi connectivity index (χ0) is 19.3. The predicted molar refractivity (Wildman–Crippen MR) is 126 cm³/mol. The van der Waals surface area contributed by atoms with E-state index in [2.05, 4.69) is 47.2 Å². The number of carbonyl (C=O) groups is 1. The summed E-state index contributed by atoms with van der Waals surface area (Å²) < 4.78 is 0. The van der Waals surface area contributed by atoms with Crippen molar-refractivity contribution in [2.24, 2.45) is 0 Å². The fourth-order valence-corrected chi connectivity index (χ4v) is 4.91. The fourth-order valence-electron chi connectivity index (χ4n) is 4.91. The zero-order valence-corrected chi connectivity index (χ0v) is 19.5. The number of halogens is 2. The minimum absolute atomic E-state index is 0. The summed E-state index contributed by atoms with van der Waals surface area (Å²) in [4.78, 5) is 23.2. The van der Waals surface area contributed by atoms with Crippen LogP contribution in [0.1, 0.15) is 52.4 Å². The molecule has 3 heterocycles. The van der Waals surface area contributed by atoms with Crippen molar-refractivity contribution in [1.82, 2.24) is 20.1 Å². The first kappa shape index (κ1) is 23.3. The van der Waals surface area contributed by atoms with Gasteiger partial charge >= 0.3 is 0 Å². The van der Waals surface area contributed by atoms with Crippen molar-refractivity contribution in [3.05, 3.63) is 40.6 Å². The lowest BCUT2D eigenvalue weighted by molar-refractivity contribution is 0.0775. The SMILES string of the molecule is Cc1cc(C)c2nc(C3CC3)cc(C(=O)N3CCC(N4CCNCC4)C3)c2c1.Cl.Cl. The van der Waals surface area contributed by atoms with Crippen LogP contribution < -0.4 is 5.32 Å². The smallest absolute Gasteiger partial charge is 0.254 e. The Morgan fingerprint density at radius 2 is 1.77 bits per heavy atom. The topological polar surface area (TPSA) is 48.5 Å². The van der Waals surface area contributed by atoms with Gasteiger partial charge in [0.05, 0.1) is 11.1 Å². The van der Waals surface area contributed by atoms with Gasteiger partial charge in [0.1, 0.15) is 0 Å². The Hall–Kier alpha value is -1.40. The van der Waals surface area contributed by atoms with Crippen LogP contribution in [0.5, 0.6) is 0 Å². The van der Waals surface area contributed by atoms with Crippen molar-refractivity contribution in [3.63, 3.8) is 0 Å². The molecule has 5 rings (SSSR count). The summed E-state index contributed by atoms with van der Waals surface area (Å²) in [6, 6.07) is 6.92. The summed E-state index contributed by atoms with van der Waals surface area (Å²) in [7, 11) is 0. The summed E-state index contributed by atoms with van der Waals surface area (Å²) in [5.74, 6) is 0.737. The number of nitrogens with one attached hydrogen (secondary N) is 1. The van der Waals surface area contributed by atoms with E-state index in [1.165, 1.54) is 24.0 Å². The number of nitrogens with zero attached hydrogens (tertiary/aromatic N) is 3. The Morgan fingerprint density at radius 3 is 2.47 bits per heavy atom. The third kappa shape index (κ3) is 4.45. The number of hydrogen-bond acceptors (Lipinski definition) is 4. The summed E-state index contributed by atoms with van der Waals surface area (Å²) in [5.41, 5.74) is 5.35. The Labute approximate surface area is 191 Å². The standard InChI is InChI=1S/C23H30N4O.2ClH/c1-15-11-16(2)22-19(12-15)20(13-21(25-22)17-3-4-17)23(28)27-8-5-18(14-27)26-9-6-24-7-10-26;;/h11-13,17-18,24H,3-10,14H2,1-2H3;2*1H. The van der Waals surface area contributed by atoms with E-state index in [9.17, 15) is 4.79 Å². The molecule has 5 nitrogen and oxygen atoms in total. The largest absolute Gasteiger partial charge is 0.337 e. The number of likely N-dealkylation sites (tertiary alicyclic amines) is 1. The zero-order valence-electron chi connectivity index (χ0n) is 17.8. The third-order valence-corrected chi connectivity index (χ3v) is 6.61. The molecule has 1 aliphatic carbocycles. The normalized spacial score (nSPS) is 21.9. The van der Waals surface area contributed by atoms with E-state index in [1.54, 1.807) is 0 Å². The maximum absolute atomic E-state index is 13.6. The van der Waals surface area contributed by atoms with Crippen LogP contribution >= 0.6 is 24.8 Å². The highest BCUT2D eigenvalue weighted by molar-refractivity contribution is 6.07. The van der Waals surface area contributed by atoms with Crippen LogP contribution in [0, 0.1) is 13.8 Å². The average Bonchev–Trinajstić information content (AvgIpc) is 3.44. The van der Waals surface area contributed by atoms with Gasteiger partial charge in [-0.2, -0.15) is 0 Å². The van der Waals surface area contributed by atoms with Gasteiger partial charge in [-0.25, -0.2) is 0 Å². The molecule has 0 bridgehead atoms. The van der Waals surface area contributed by atoms with Gasteiger partial charge in [0.2, 0.25) is 0 Å². The molecule has 2 saturated heterocycles. The van der Waals surface area contributed by atoms with Crippen LogP contribution in [-0.2, 0) is 0 Å². The van der Waals surface area contributed by atoms with E-state index in [0.29, 0.717) is 12.0 Å². The highest BCUT2D eigenvalue weighted by Gasteiger charge is 2.33. The van der Waals surface area contributed by atoms with Gasteiger partial charge in [-0.1, -0.05) is 11.6 Å². The minimum atomic E-state index is 0. The average molecular weight is 451 g/mol. The molecule has 3 fully saturated rings. The van der Waals surface area contributed by atoms with Gasteiger partial charge in [-0.05, 0) is 50.8 Å². The van der Waals surface area contributed by atoms with Crippen LogP contribution in [0.2, 0.25) is 0 Å². The number of hydrogen-bond donors (Lipinski definition) is 1. The number of benzene rings is 1. The van der Waals surface area contributed by atoms with Crippen molar-refractivity contribution in [3.8, 4) is 0 Å². The summed E-state index contributed by atoms with van der Waals surface area (Å²) >= 11 is 0. The molecule has 1 atom stereocenters. The number of aryl methyl sites for hydroxylation is 2. The van der Waals surface area contributed by atoms with Gasteiger partial charge in [-0.3, -0.25) is 14.7 Å². The van der Waals surface area contributed by atoms with Gasteiger partial charge in [0.25, 0.3) is 5.91 Å². The van der Waals surface area contributed by atoms with Gasteiger partial charge < -0.3 is 10.2 Å². The highest BCUT2D eigenvalue weighted by atomic mass is 35.5. The number of carbonyl (C=O) groups excluding carboxylic acids is 1. The van der Waals surface area contributed by atoms with Crippen LogP contribution in [0.3, 0.4) is 0 Å². The molecular weight excluding hydrogens is 419 g/mol. The lowest BCUT2D eigenvalue weighted by Crippen LogP contribution is -2.49. The van der Waals surface area contributed by atoms with E-state index < -0.39 is 0 Å². The van der Waals surface area contributed by atoms with Gasteiger partial charge in [0.15, 0.2) is 0 Å². The van der Waals surface area contributed by atoms with E-state index in [0.717, 1.165) is 67.8 Å². The van der Waals surface area contributed by atoms with E-state index in [4.69, 9.17) is 4.98 Å². The van der Waals surface area contributed by atoms with Crippen LogP contribution in [-0.4, -0.2) is 66.0 Å². The Morgan fingerprint density at radius 1 is 1.03 bits per heavy atom. The summed E-state index contributed by atoms with van der Waals surface area (Å²) in [5, 5.41) is 4.45. The molecule has 7 heteroatoms. The third-order valence-electron chi connectivity index (χ3n) is 6.61. The lowest BCUT2D eigenvalue weighted by atomic mass is 10.00. The second kappa shape index (κ2) is 9.39. The van der Waals surface area contributed by atoms with Crippen LogP contribution in [0.4, 0.5) is 0 Å². The molecule has 3 aliphatic rings. The molecule has 1 unspecified atom stereocenters. The molecular formula is C23H32Cl2N4O. The maximum Gasteiger partial charge on any atom is 0.254 e. The van der Waals surface area contributed by atoms with E-state index in [1.807, 2.05) is 0 Å². The number of rotatable bonds is 3. The number of amides is 1. The van der Waals surface area contributed by atoms with Gasteiger partial charge in [0, 0.05) is 62.3 Å². The van der Waals surface area contributed by atoms with Crippen molar-refractivity contribution in [2.45, 2.75) is 45.1 Å².